The van der Waals surface area contributed by atoms with Gasteiger partial charge in [-0.3, -0.25) is 0 Å². The Hall–Kier alpha value is -1.90. The molecule has 0 fully saturated rings. The first-order chi connectivity index (χ1) is 8.05. The molecule has 2 rings (SSSR count). The van der Waals surface area contributed by atoms with Crippen molar-refractivity contribution < 1.29 is 0 Å². The Balaban J connectivity index is 2.23. The van der Waals surface area contributed by atoms with Gasteiger partial charge in [0.05, 0.1) is 0 Å². The van der Waals surface area contributed by atoms with Gasteiger partial charge in [-0.25, -0.2) is 9.97 Å². The standard InChI is InChI=1S/C14H17N3/c1-14(2,3)11-7-9-16-13(10-11)17-12-6-4-5-8-15-12/h4-10H,1-3H3,(H,15,16,17). The average molecular weight is 227 g/mol. The van der Waals surface area contributed by atoms with Crippen molar-refractivity contribution in [1.82, 2.24) is 9.97 Å². The lowest BCUT2D eigenvalue weighted by Crippen LogP contribution is -2.11. The first kappa shape index (κ1) is 11.6. The molecule has 0 aromatic carbocycles. The lowest BCUT2D eigenvalue weighted by Gasteiger charge is -2.19. The maximum atomic E-state index is 4.30. The molecule has 0 aliphatic heterocycles. The fourth-order valence-electron chi connectivity index (χ4n) is 1.53. The highest BCUT2D eigenvalue weighted by molar-refractivity contribution is 5.52. The van der Waals surface area contributed by atoms with Crippen LogP contribution in [0.3, 0.4) is 0 Å². The van der Waals surface area contributed by atoms with Crippen LogP contribution in [0.25, 0.3) is 0 Å². The molecular weight excluding hydrogens is 210 g/mol. The third kappa shape index (κ3) is 3.03. The van der Waals surface area contributed by atoms with Crippen LogP contribution in [0, 0.1) is 0 Å². The smallest absolute Gasteiger partial charge is 0.131 e. The zero-order valence-electron chi connectivity index (χ0n) is 10.4. The maximum Gasteiger partial charge on any atom is 0.131 e. The Morgan fingerprint density at radius 1 is 0.941 bits per heavy atom. The number of hydrogen-bond acceptors (Lipinski definition) is 3. The summed E-state index contributed by atoms with van der Waals surface area (Å²) in [5, 5.41) is 3.19. The van der Waals surface area contributed by atoms with Crippen LogP contribution in [0.2, 0.25) is 0 Å². The molecule has 2 aromatic rings. The molecule has 2 aromatic heterocycles. The molecule has 0 aliphatic carbocycles. The van der Waals surface area contributed by atoms with E-state index in [9.17, 15) is 0 Å². The topological polar surface area (TPSA) is 37.8 Å². The molecule has 0 saturated heterocycles. The van der Waals surface area contributed by atoms with Gasteiger partial charge >= 0.3 is 0 Å². The molecular formula is C14H17N3. The summed E-state index contributed by atoms with van der Waals surface area (Å²) >= 11 is 0. The second kappa shape index (κ2) is 4.53. The average Bonchev–Trinajstić information content (AvgIpc) is 2.29. The normalized spacial score (nSPS) is 11.2. The second-order valence-corrected chi connectivity index (χ2v) is 5.02. The van der Waals surface area contributed by atoms with Crippen molar-refractivity contribution in [2.75, 3.05) is 5.32 Å². The molecule has 0 bridgehead atoms. The zero-order chi connectivity index (χ0) is 12.3. The minimum Gasteiger partial charge on any atom is -0.325 e. The SMILES string of the molecule is CC(C)(C)c1ccnc(Nc2ccccn2)c1. The largest absolute Gasteiger partial charge is 0.325 e. The fraction of sp³-hybridized carbons (Fsp3) is 0.286. The molecule has 88 valence electrons. The minimum atomic E-state index is 0.128. The quantitative estimate of drug-likeness (QED) is 0.853. The van der Waals surface area contributed by atoms with Crippen LogP contribution in [0.4, 0.5) is 11.6 Å². The van der Waals surface area contributed by atoms with E-state index in [0.717, 1.165) is 11.6 Å². The van der Waals surface area contributed by atoms with E-state index in [1.54, 1.807) is 6.20 Å². The Labute approximate surface area is 102 Å². The predicted octanol–water partition coefficient (Wildman–Crippen LogP) is 3.52. The number of nitrogens with one attached hydrogen (secondary N) is 1. The molecule has 0 unspecified atom stereocenters. The summed E-state index contributed by atoms with van der Waals surface area (Å²) in [4.78, 5) is 8.51. The van der Waals surface area contributed by atoms with Gasteiger partial charge in [-0.05, 0) is 35.2 Å². The van der Waals surface area contributed by atoms with E-state index < -0.39 is 0 Å². The summed E-state index contributed by atoms with van der Waals surface area (Å²) in [6.07, 6.45) is 3.59. The molecule has 1 N–H and O–H groups in total. The van der Waals surface area contributed by atoms with Gasteiger partial charge in [0.25, 0.3) is 0 Å². The van der Waals surface area contributed by atoms with Gasteiger partial charge in [0.15, 0.2) is 0 Å². The highest BCUT2D eigenvalue weighted by Crippen LogP contribution is 2.24. The molecule has 0 amide bonds. The van der Waals surface area contributed by atoms with E-state index in [0.29, 0.717) is 0 Å². The first-order valence-electron chi connectivity index (χ1n) is 5.70. The summed E-state index contributed by atoms with van der Waals surface area (Å²) in [6.45, 7) is 6.56. The number of nitrogens with zero attached hydrogens (tertiary/aromatic N) is 2. The van der Waals surface area contributed by atoms with E-state index in [2.05, 4.69) is 42.1 Å². The number of pyridine rings is 2. The summed E-state index contributed by atoms with van der Waals surface area (Å²) in [5.41, 5.74) is 1.38. The number of aromatic nitrogens is 2. The first-order valence-corrected chi connectivity index (χ1v) is 5.70. The summed E-state index contributed by atoms with van der Waals surface area (Å²) < 4.78 is 0. The summed E-state index contributed by atoms with van der Waals surface area (Å²) in [5.74, 6) is 1.64. The highest BCUT2D eigenvalue weighted by Gasteiger charge is 2.14. The third-order valence-corrected chi connectivity index (χ3v) is 2.55. The lowest BCUT2D eigenvalue weighted by molar-refractivity contribution is 0.589. The van der Waals surface area contributed by atoms with Crippen molar-refractivity contribution >= 4 is 11.6 Å². The van der Waals surface area contributed by atoms with E-state index in [1.165, 1.54) is 5.56 Å². The Bertz CT molecular complexity index is 486. The molecule has 3 heteroatoms. The van der Waals surface area contributed by atoms with Crippen LogP contribution in [0.5, 0.6) is 0 Å². The van der Waals surface area contributed by atoms with Crippen LogP contribution in [-0.4, -0.2) is 9.97 Å². The molecule has 2 heterocycles. The van der Waals surface area contributed by atoms with Gasteiger partial charge < -0.3 is 5.32 Å². The van der Waals surface area contributed by atoms with Crippen molar-refractivity contribution in [2.24, 2.45) is 0 Å². The van der Waals surface area contributed by atoms with Gasteiger partial charge in [0, 0.05) is 12.4 Å². The molecule has 0 radical (unpaired) electrons. The van der Waals surface area contributed by atoms with Gasteiger partial charge in [-0.2, -0.15) is 0 Å². The monoisotopic (exact) mass is 227 g/mol. The molecule has 3 nitrogen and oxygen atoms in total. The predicted molar refractivity (Wildman–Crippen MR) is 70.5 cm³/mol. The van der Waals surface area contributed by atoms with Crippen LogP contribution >= 0.6 is 0 Å². The second-order valence-electron chi connectivity index (χ2n) is 5.02. The summed E-state index contributed by atoms with van der Waals surface area (Å²) in [7, 11) is 0. The highest BCUT2D eigenvalue weighted by atomic mass is 15.0. The van der Waals surface area contributed by atoms with E-state index in [-0.39, 0.29) is 5.41 Å². The van der Waals surface area contributed by atoms with Gasteiger partial charge in [-0.15, -0.1) is 0 Å². The Morgan fingerprint density at radius 3 is 2.35 bits per heavy atom. The Kier molecular flexibility index (Phi) is 3.09. The van der Waals surface area contributed by atoms with Crippen LogP contribution < -0.4 is 5.32 Å². The van der Waals surface area contributed by atoms with Crippen molar-refractivity contribution in [3.63, 3.8) is 0 Å². The molecule has 17 heavy (non-hydrogen) atoms. The zero-order valence-corrected chi connectivity index (χ0v) is 10.4. The van der Waals surface area contributed by atoms with E-state index in [1.807, 2.05) is 30.5 Å². The van der Waals surface area contributed by atoms with Crippen molar-refractivity contribution in [2.45, 2.75) is 26.2 Å². The van der Waals surface area contributed by atoms with Gasteiger partial charge in [-0.1, -0.05) is 26.8 Å². The third-order valence-electron chi connectivity index (χ3n) is 2.55. The summed E-state index contributed by atoms with van der Waals surface area (Å²) in [6, 6.07) is 9.87. The lowest BCUT2D eigenvalue weighted by atomic mass is 9.88. The maximum absolute atomic E-state index is 4.30. The van der Waals surface area contributed by atoms with Crippen LogP contribution in [-0.2, 0) is 5.41 Å². The molecule has 0 spiro atoms. The fourth-order valence-corrected chi connectivity index (χ4v) is 1.53. The van der Waals surface area contributed by atoms with E-state index >= 15 is 0 Å². The van der Waals surface area contributed by atoms with E-state index in [4.69, 9.17) is 0 Å². The molecule has 0 aliphatic rings. The van der Waals surface area contributed by atoms with Gasteiger partial charge in [0.1, 0.15) is 11.6 Å². The Morgan fingerprint density at radius 2 is 1.71 bits per heavy atom. The van der Waals surface area contributed by atoms with Crippen molar-refractivity contribution in [3.05, 3.63) is 48.3 Å². The number of anilines is 2. The molecule has 0 atom stereocenters. The molecule has 0 saturated carbocycles. The van der Waals surface area contributed by atoms with Crippen LogP contribution in [0.1, 0.15) is 26.3 Å². The number of hydrogen-bond donors (Lipinski definition) is 1. The number of rotatable bonds is 2. The van der Waals surface area contributed by atoms with Crippen LogP contribution in [0.15, 0.2) is 42.7 Å². The van der Waals surface area contributed by atoms with Gasteiger partial charge in [0.2, 0.25) is 0 Å². The van der Waals surface area contributed by atoms with Crippen molar-refractivity contribution in [1.29, 1.82) is 0 Å². The minimum absolute atomic E-state index is 0.128. The van der Waals surface area contributed by atoms with Crippen molar-refractivity contribution in [3.8, 4) is 0 Å².